The van der Waals surface area contributed by atoms with E-state index in [1.165, 1.54) is 0 Å². The highest BCUT2D eigenvalue weighted by Gasteiger charge is 2.55. The number of hydrogen-bond donors (Lipinski definition) is 3. The lowest BCUT2D eigenvalue weighted by Crippen LogP contribution is -2.35. The number of rotatable bonds is 7. The molecule has 1 saturated carbocycles. The first-order chi connectivity index (χ1) is 12.7. The first-order valence-electron chi connectivity index (χ1n) is 9.11. The Labute approximate surface area is 163 Å². The summed E-state index contributed by atoms with van der Waals surface area (Å²) < 4.78 is 23.1. The van der Waals surface area contributed by atoms with Crippen molar-refractivity contribution in [3.8, 4) is 6.01 Å². The number of hydrogen-bond acceptors (Lipinski definition) is 9. The van der Waals surface area contributed by atoms with Crippen LogP contribution in [0.3, 0.4) is 0 Å². The van der Waals surface area contributed by atoms with Crippen LogP contribution in [0.1, 0.15) is 40.5 Å². The highest BCUT2D eigenvalue weighted by Crippen LogP contribution is 2.41. The molecule has 152 valence electrons. The van der Waals surface area contributed by atoms with Gasteiger partial charge in [-0.1, -0.05) is 18.5 Å². The summed E-state index contributed by atoms with van der Waals surface area (Å²) in [4.78, 5) is 8.37. The number of anilines is 2. The summed E-state index contributed by atoms with van der Waals surface area (Å²) in [6.07, 6.45) is -0.488. The summed E-state index contributed by atoms with van der Waals surface area (Å²) in [7, 11) is 0. The maximum absolute atomic E-state index is 9.62. The maximum Gasteiger partial charge on any atom is 0.319 e. The van der Waals surface area contributed by atoms with Gasteiger partial charge in [0.15, 0.2) is 23.0 Å². The van der Waals surface area contributed by atoms with Crippen LogP contribution in [-0.4, -0.2) is 58.1 Å². The Morgan fingerprint density at radius 2 is 2.07 bits per heavy atom. The van der Waals surface area contributed by atoms with Crippen LogP contribution < -0.4 is 15.8 Å². The second-order valence-corrected chi connectivity index (χ2v) is 7.59. The molecule has 0 aromatic carbocycles. The molecule has 0 bridgehead atoms. The van der Waals surface area contributed by atoms with E-state index in [0.29, 0.717) is 18.8 Å². The Morgan fingerprint density at radius 3 is 2.74 bits per heavy atom. The Bertz CT molecular complexity index is 675. The minimum Gasteiger partial charge on any atom is -0.463 e. The van der Waals surface area contributed by atoms with E-state index in [-0.39, 0.29) is 41.2 Å². The first-order valence-corrected chi connectivity index (χ1v) is 9.49. The van der Waals surface area contributed by atoms with Gasteiger partial charge in [0.25, 0.3) is 0 Å². The molecule has 2 fully saturated rings. The molecule has 10 heteroatoms. The van der Waals surface area contributed by atoms with Crippen LogP contribution in [-0.2, 0) is 14.2 Å². The van der Waals surface area contributed by atoms with E-state index in [2.05, 4.69) is 15.3 Å². The van der Waals surface area contributed by atoms with Crippen molar-refractivity contribution < 1.29 is 24.1 Å². The molecular weight excluding hydrogens is 376 g/mol. The van der Waals surface area contributed by atoms with Gasteiger partial charge in [-0.25, -0.2) is 0 Å². The average molecular weight is 403 g/mol. The second-order valence-electron chi connectivity index (χ2n) is 7.23. The van der Waals surface area contributed by atoms with E-state index < -0.39 is 12.1 Å². The van der Waals surface area contributed by atoms with Crippen molar-refractivity contribution in [2.75, 3.05) is 17.7 Å². The highest BCUT2D eigenvalue weighted by atomic mass is 35.5. The summed E-state index contributed by atoms with van der Waals surface area (Å²) in [6.45, 7) is 7.71. The van der Waals surface area contributed by atoms with E-state index >= 15 is 0 Å². The molecule has 3 rings (SSSR count). The summed E-state index contributed by atoms with van der Waals surface area (Å²) >= 11 is 6.13. The number of fused-ring (bicyclic) bond motifs is 1. The van der Waals surface area contributed by atoms with E-state index in [1.54, 1.807) is 6.92 Å². The summed E-state index contributed by atoms with van der Waals surface area (Å²) in [5.41, 5.74) is 6.28. The highest BCUT2D eigenvalue weighted by molar-refractivity contribution is 6.32. The van der Waals surface area contributed by atoms with Crippen LogP contribution in [0.15, 0.2) is 0 Å². The van der Waals surface area contributed by atoms with Gasteiger partial charge >= 0.3 is 6.01 Å². The molecule has 0 spiro atoms. The van der Waals surface area contributed by atoms with Crippen LogP contribution in [0, 0.1) is 0 Å². The first kappa shape index (κ1) is 20.3. The van der Waals surface area contributed by atoms with Crippen LogP contribution in [0.5, 0.6) is 6.01 Å². The molecule has 1 saturated heterocycles. The fourth-order valence-electron chi connectivity index (χ4n) is 3.43. The molecule has 1 aliphatic carbocycles. The zero-order chi connectivity index (χ0) is 19.8. The molecular formula is C17H27ClN4O5. The number of nitrogens with two attached hydrogens (primary N) is 1. The predicted molar refractivity (Wildman–Crippen MR) is 99.6 cm³/mol. The maximum atomic E-state index is 9.62. The Morgan fingerprint density at radius 1 is 1.37 bits per heavy atom. The minimum absolute atomic E-state index is 0.119. The van der Waals surface area contributed by atoms with Gasteiger partial charge in [-0.05, 0) is 33.6 Å². The molecule has 4 N–H and O–H groups in total. The van der Waals surface area contributed by atoms with Crippen molar-refractivity contribution in [1.82, 2.24) is 9.97 Å². The zero-order valence-electron chi connectivity index (χ0n) is 15.9. The smallest absolute Gasteiger partial charge is 0.319 e. The van der Waals surface area contributed by atoms with Gasteiger partial charge in [0.05, 0.1) is 18.8 Å². The third-order valence-electron chi connectivity index (χ3n) is 4.42. The molecule has 0 amide bonds. The SMILES string of the molecule is CCCOc1nc(Cl)c(N)c(N[C@@H]2C[C@H](OC(C)O)[C@H]3OC(C)(C)O[C@H]32)n1. The predicted octanol–water partition coefficient (Wildman–Crippen LogP) is 1.93. The normalized spacial score (nSPS) is 30.1. The molecule has 9 nitrogen and oxygen atoms in total. The molecule has 1 aromatic heterocycles. The topological polar surface area (TPSA) is 121 Å². The molecule has 2 aliphatic rings. The molecule has 0 radical (unpaired) electrons. The third kappa shape index (κ3) is 4.55. The number of aromatic nitrogens is 2. The van der Waals surface area contributed by atoms with Gasteiger partial charge in [0.2, 0.25) is 0 Å². The lowest BCUT2D eigenvalue weighted by Gasteiger charge is -2.25. The minimum atomic E-state index is -0.908. The number of halogens is 1. The van der Waals surface area contributed by atoms with Crippen molar-refractivity contribution in [3.63, 3.8) is 0 Å². The fourth-order valence-corrected chi connectivity index (χ4v) is 3.59. The van der Waals surface area contributed by atoms with Crippen molar-refractivity contribution in [3.05, 3.63) is 5.15 Å². The lowest BCUT2D eigenvalue weighted by molar-refractivity contribution is -0.190. The lowest BCUT2D eigenvalue weighted by atomic mass is 10.2. The molecule has 1 aromatic rings. The van der Waals surface area contributed by atoms with Crippen molar-refractivity contribution in [2.24, 2.45) is 0 Å². The largest absolute Gasteiger partial charge is 0.463 e. The van der Waals surface area contributed by atoms with Crippen LogP contribution in [0.2, 0.25) is 5.15 Å². The number of aliphatic hydroxyl groups excluding tert-OH is 1. The second kappa shape index (κ2) is 7.92. The van der Waals surface area contributed by atoms with E-state index in [0.717, 1.165) is 6.42 Å². The van der Waals surface area contributed by atoms with Crippen molar-refractivity contribution in [2.45, 2.75) is 77.0 Å². The van der Waals surface area contributed by atoms with E-state index in [9.17, 15) is 5.11 Å². The molecule has 27 heavy (non-hydrogen) atoms. The van der Waals surface area contributed by atoms with E-state index in [1.807, 2.05) is 20.8 Å². The molecule has 5 atom stereocenters. The Kier molecular flexibility index (Phi) is 5.97. The number of nitrogen functional groups attached to an aromatic ring is 1. The summed E-state index contributed by atoms with van der Waals surface area (Å²) in [5.74, 6) is -0.379. The summed E-state index contributed by atoms with van der Waals surface area (Å²) in [5, 5.41) is 13.0. The average Bonchev–Trinajstić information content (AvgIpc) is 3.04. The molecule has 2 heterocycles. The standard InChI is InChI=1S/C17H27ClN4O5/c1-5-6-24-16-21-14(18)11(19)15(22-16)20-9-7-10(25-8(2)23)13-12(9)26-17(3,4)27-13/h8-10,12-13,23H,5-7,19H2,1-4H3,(H,20,21,22)/t8?,9-,10+,12+,13-/m1/s1. The number of nitrogens with zero attached hydrogens (tertiary/aromatic N) is 2. The van der Waals surface area contributed by atoms with Gasteiger partial charge in [-0.3, -0.25) is 0 Å². The zero-order valence-corrected chi connectivity index (χ0v) is 16.7. The van der Waals surface area contributed by atoms with Crippen molar-refractivity contribution in [1.29, 1.82) is 0 Å². The number of ether oxygens (including phenoxy) is 4. The van der Waals surface area contributed by atoms with Crippen LogP contribution in [0.4, 0.5) is 11.5 Å². The van der Waals surface area contributed by atoms with E-state index in [4.69, 9.17) is 36.3 Å². The monoisotopic (exact) mass is 402 g/mol. The summed E-state index contributed by atoms with van der Waals surface area (Å²) in [6, 6.07) is -0.0402. The number of aliphatic hydroxyl groups is 1. The van der Waals surface area contributed by atoms with Crippen molar-refractivity contribution >= 4 is 23.1 Å². The van der Waals surface area contributed by atoms with Gasteiger partial charge in [-0.2, -0.15) is 9.97 Å². The molecule has 1 aliphatic heterocycles. The van der Waals surface area contributed by atoms with Gasteiger partial charge in [-0.15, -0.1) is 0 Å². The van der Waals surface area contributed by atoms with Gasteiger partial charge in [0.1, 0.15) is 17.9 Å². The quantitative estimate of drug-likeness (QED) is 0.463. The van der Waals surface area contributed by atoms with Gasteiger partial charge in [0, 0.05) is 0 Å². The molecule has 1 unspecified atom stereocenters. The number of nitrogens with one attached hydrogen (secondary N) is 1. The Hall–Kier alpha value is -1.39. The van der Waals surface area contributed by atoms with Crippen LogP contribution in [0.25, 0.3) is 0 Å². The Balaban J connectivity index is 1.81. The third-order valence-corrected chi connectivity index (χ3v) is 4.71. The van der Waals surface area contributed by atoms with Gasteiger partial charge < -0.3 is 35.1 Å². The fraction of sp³-hybridized carbons (Fsp3) is 0.765. The van der Waals surface area contributed by atoms with Crippen LogP contribution >= 0.6 is 11.6 Å².